The maximum Gasteiger partial charge on any atom is 0.223 e. The molecule has 0 bridgehead atoms. The summed E-state index contributed by atoms with van der Waals surface area (Å²) in [7, 11) is 0. The van der Waals surface area contributed by atoms with E-state index in [2.05, 4.69) is 10.3 Å². The molecule has 0 radical (unpaired) electrons. The number of aromatic nitrogens is 1. The number of hydrogen-bond donors (Lipinski definition) is 1. The minimum atomic E-state index is 0.233. The Balaban J connectivity index is 1.42. The van der Waals surface area contributed by atoms with Crippen LogP contribution in [0.4, 0.5) is 0 Å². The minimum Gasteiger partial charge on any atom is -0.474 e. The number of hydrogen-bond acceptors (Lipinski definition) is 3. The lowest BCUT2D eigenvalue weighted by molar-refractivity contribution is -0.128. The number of aryl methyl sites for hydroxylation is 1. The molecule has 2 saturated carbocycles. The molecule has 3 rings (SSSR count). The van der Waals surface area contributed by atoms with Gasteiger partial charge in [0.2, 0.25) is 11.8 Å². The SMILES string of the molecule is Cc1ccc(OC2CCC(NC(=O)C3CCC3)CC2)nc1. The zero-order valence-corrected chi connectivity index (χ0v) is 12.7. The number of ether oxygens (including phenoxy) is 1. The second-order valence-corrected chi connectivity index (χ2v) is 6.40. The summed E-state index contributed by atoms with van der Waals surface area (Å²) in [6.07, 6.45) is 9.42. The van der Waals surface area contributed by atoms with E-state index in [4.69, 9.17) is 4.74 Å². The number of carbonyl (C=O) groups is 1. The van der Waals surface area contributed by atoms with Gasteiger partial charge >= 0.3 is 0 Å². The Morgan fingerprint density at radius 2 is 1.95 bits per heavy atom. The van der Waals surface area contributed by atoms with Crippen molar-refractivity contribution in [3.05, 3.63) is 23.9 Å². The predicted molar refractivity (Wildman–Crippen MR) is 81.1 cm³/mol. The van der Waals surface area contributed by atoms with E-state index in [-0.39, 0.29) is 17.9 Å². The summed E-state index contributed by atoms with van der Waals surface area (Å²) in [6, 6.07) is 4.29. The molecule has 0 saturated heterocycles. The van der Waals surface area contributed by atoms with Crippen LogP contribution in [0, 0.1) is 12.8 Å². The van der Waals surface area contributed by atoms with Gasteiger partial charge in [-0.15, -0.1) is 0 Å². The van der Waals surface area contributed by atoms with Crippen LogP contribution in [0.2, 0.25) is 0 Å². The Morgan fingerprint density at radius 1 is 1.19 bits per heavy atom. The number of nitrogens with one attached hydrogen (secondary N) is 1. The summed E-state index contributed by atoms with van der Waals surface area (Å²) in [6.45, 7) is 2.02. The molecule has 0 unspecified atom stereocenters. The Morgan fingerprint density at radius 3 is 2.52 bits per heavy atom. The van der Waals surface area contributed by atoms with E-state index in [1.54, 1.807) is 0 Å². The van der Waals surface area contributed by atoms with E-state index in [1.807, 2.05) is 25.3 Å². The average molecular weight is 288 g/mol. The molecule has 4 heteroatoms. The molecule has 2 aliphatic carbocycles. The van der Waals surface area contributed by atoms with E-state index in [0.29, 0.717) is 11.9 Å². The normalized spacial score (nSPS) is 26.0. The summed E-state index contributed by atoms with van der Waals surface area (Å²) in [4.78, 5) is 16.2. The summed E-state index contributed by atoms with van der Waals surface area (Å²) in [5, 5.41) is 3.20. The molecule has 1 aromatic rings. The van der Waals surface area contributed by atoms with Crippen LogP contribution >= 0.6 is 0 Å². The quantitative estimate of drug-likeness (QED) is 0.926. The highest BCUT2D eigenvalue weighted by molar-refractivity contribution is 5.79. The molecule has 1 amide bonds. The molecular formula is C17H24N2O2. The van der Waals surface area contributed by atoms with Gasteiger partial charge in [0.05, 0.1) is 0 Å². The Bertz CT molecular complexity index is 474. The van der Waals surface area contributed by atoms with Crippen LogP contribution in [-0.4, -0.2) is 23.0 Å². The third-order valence-electron chi connectivity index (χ3n) is 4.67. The molecule has 2 aliphatic rings. The summed E-state index contributed by atoms with van der Waals surface area (Å²) in [5.41, 5.74) is 1.14. The molecular weight excluding hydrogens is 264 g/mol. The van der Waals surface area contributed by atoms with Crippen molar-refractivity contribution < 1.29 is 9.53 Å². The minimum absolute atomic E-state index is 0.233. The van der Waals surface area contributed by atoms with Gasteiger partial charge in [-0.25, -0.2) is 4.98 Å². The number of amides is 1. The largest absolute Gasteiger partial charge is 0.474 e. The fraction of sp³-hybridized carbons (Fsp3) is 0.647. The van der Waals surface area contributed by atoms with Crippen LogP contribution in [0.25, 0.3) is 0 Å². The lowest BCUT2D eigenvalue weighted by Gasteiger charge is -2.32. The van der Waals surface area contributed by atoms with Crippen LogP contribution in [0.5, 0.6) is 5.88 Å². The highest BCUT2D eigenvalue weighted by Gasteiger charge is 2.29. The van der Waals surface area contributed by atoms with Crippen molar-refractivity contribution >= 4 is 5.91 Å². The van der Waals surface area contributed by atoms with E-state index >= 15 is 0 Å². The van der Waals surface area contributed by atoms with Crippen molar-refractivity contribution in [2.24, 2.45) is 5.92 Å². The zero-order valence-electron chi connectivity index (χ0n) is 12.7. The number of carbonyl (C=O) groups excluding carboxylic acids is 1. The number of pyridine rings is 1. The molecule has 0 atom stereocenters. The van der Waals surface area contributed by atoms with Crippen molar-refractivity contribution in [2.45, 2.75) is 64.0 Å². The van der Waals surface area contributed by atoms with Gasteiger partial charge in [-0.3, -0.25) is 4.79 Å². The van der Waals surface area contributed by atoms with Crippen LogP contribution in [0.3, 0.4) is 0 Å². The van der Waals surface area contributed by atoms with Crippen LogP contribution in [0.1, 0.15) is 50.5 Å². The van der Waals surface area contributed by atoms with Gasteiger partial charge in [0.1, 0.15) is 6.10 Å². The van der Waals surface area contributed by atoms with Crippen LogP contribution in [-0.2, 0) is 4.79 Å². The number of rotatable bonds is 4. The molecule has 1 aromatic heterocycles. The van der Waals surface area contributed by atoms with Gasteiger partial charge in [0.25, 0.3) is 0 Å². The fourth-order valence-corrected chi connectivity index (χ4v) is 3.01. The summed E-state index contributed by atoms with van der Waals surface area (Å²) < 4.78 is 5.92. The smallest absolute Gasteiger partial charge is 0.223 e. The van der Waals surface area contributed by atoms with E-state index in [1.165, 1.54) is 6.42 Å². The standard InChI is InChI=1S/C17H24N2O2/c1-12-5-10-16(18-11-12)21-15-8-6-14(7-9-15)19-17(20)13-3-2-4-13/h5,10-11,13-15H,2-4,6-9H2,1H3,(H,19,20). The van der Waals surface area contributed by atoms with Gasteiger partial charge in [0.15, 0.2) is 0 Å². The summed E-state index contributed by atoms with van der Waals surface area (Å²) in [5.74, 6) is 1.27. The van der Waals surface area contributed by atoms with Crippen molar-refractivity contribution in [2.75, 3.05) is 0 Å². The Kier molecular flexibility index (Phi) is 4.42. The van der Waals surface area contributed by atoms with Crippen molar-refractivity contribution in [1.29, 1.82) is 0 Å². The molecule has 0 spiro atoms. The highest BCUT2D eigenvalue weighted by Crippen LogP contribution is 2.28. The third kappa shape index (κ3) is 3.74. The first-order valence-corrected chi connectivity index (χ1v) is 8.10. The fourth-order valence-electron chi connectivity index (χ4n) is 3.01. The topological polar surface area (TPSA) is 51.2 Å². The second-order valence-electron chi connectivity index (χ2n) is 6.40. The predicted octanol–water partition coefficient (Wildman–Crippen LogP) is 3.00. The first kappa shape index (κ1) is 14.4. The zero-order chi connectivity index (χ0) is 14.7. The first-order chi connectivity index (χ1) is 10.2. The maximum atomic E-state index is 11.9. The molecule has 1 N–H and O–H groups in total. The van der Waals surface area contributed by atoms with Crippen LogP contribution < -0.4 is 10.1 Å². The van der Waals surface area contributed by atoms with Crippen molar-refractivity contribution in [1.82, 2.24) is 10.3 Å². The molecule has 4 nitrogen and oxygen atoms in total. The van der Waals surface area contributed by atoms with Crippen molar-refractivity contribution in [3.63, 3.8) is 0 Å². The van der Waals surface area contributed by atoms with Crippen LogP contribution in [0.15, 0.2) is 18.3 Å². The van der Waals surface area contributed by atoms with Gasteiger partial charge in [0, 0.05) is 24.2 Å². The van der Waals surface area contributed by atoms with Gasteiger partial charge in [-0.1, -0.05) is 12.5 Å². The van der Waals surface area contributed by atoms with Gasteiger partial charge in [-0.05, 0) is 51.0 Å². The molecule has 0 aliphatic heterocycles. The Labute approximate surface area is 126 Å². The Hall–Kier alpha value is -1.58. The second kappa shape index (κ2) is 6.46. The number of nitrogens with zero attached hydrogens (tertiary/aromatic N) is 1. The van der Waals surface area contributed by atoms with Gasteiger partial charge in [-0.2, -0.15) is 0 Å². The lowest BCUT2D eigenvalue weighted by atomic mass is 9.84. The third-order valence-corrected chi connectivity index (χ3v) is 4.67. The van der Waals surface area contributed by atoms with E-state index < -0.39 is 0 Å². The highest BCUT2D eigenvalue weighted by atomic mass is 16.5. The molecule has 114 valence electrons. The van der Waals surface area contributed by atoms with E-state index in [9.17, 15) is 4.79 Å². The monoisotopic (exact) mass is 288 g/mol. The molecule has 21 heavy (non-hydrogen) atoms. The lowest BCUT2D eigenvalue weighted by Crippen LogP contribution is -2.43. The molecule has 1 heterocycles. The summed E-state index contributed by atoms with van der Waals surface area (Å²) >= 11 is 0. The maximum absolute atomic E-state index is 11.9. The molecule has 0 aromatic carbocycles. The van der Waals surface area contributed by atoms with Gasteiger partial charge < -0.3 is 10.1 Å². The average Bonchev–Trinajstić information content (AvgIpc) is 2.41. The molecule has 2 fully saturated rings. The van der Waals surface area contributed by atoms with E-state index in [0.717, 1.165) is 44.1 Å². The first-order valence-electron chi connectivity index (χ1n) is 8.10. The van der Waals surface area contributed by atoms with Crippen molar-refractivity contribution in [3.8, 4) is 5.88 Å².